The number of hydrogen-bond donors (Lipinski definition) is 0. The van der Waals surface area contributed by atoms with E-state index in [1.165, 1.54) is 55.2 Å². The Morgan fingerprint density at radius 2 is 0.649 bits per heavy atom. The van der Waals surface area contributed by atoms with Crippen LogP contribution in [-0.4, -0.2) is 0 Å². The molecule has 1 heteroatoms. The zero-order chi connectivity index (χ0) is 26.6. The van der Waals surface area contributed by atoms with Gasteiger partial charge < -0.3 is 0 Å². The van der Waals surface area contributed by atoms with E-state index >= 15 is 0 Å². The molecule has 0 N–H and O–H groups in total. The lowest BCUT2D eigenvalue weighted by atomic mass is 10.0. The van der Waals surface area contributed by atoms with Crippen LogP contribution < -0.4 is 15.9 Å². The molecule has 3 rings (SSSR count). The lowest BCUT2D eigenvalue weighted by molar-refractivity contribution is 0.906. The Labute approximate surface area is 230 Å². The van der Waals surface area contributed by atoms with E-state index in [-0.39, 0.29) is 0 Å². The largest absolute Gasteiger partial charge is 0.0651 e. The van der Waals surface area contributed by atoms with Crippen LogP contribution in [-0.2, 0) is 38.5 Å². The number of benzene rings is 3. The van der Waals surface area contributed by atoms with Crippen LogP contribution >= 0.6 is 7.92 Å². The second-order valence-corrected chi connectivity index (χ2v) is 12.8. The highest BCUT2D eigenvalue weighted by Crippen LogP contribution is 2.39. The van der Waals surface area contributed by atoms with Gasteiger partial charge in [0.2, 0.25) is 0 Å². The first-order chi connectivity index (χ1) is 18.1. The van der Waals surface area contributed by atoms with Gasteiger partial charge in [0.15, 0.2) is 0 Å². The fraction of sp³-hybridized carbons (Fsp3) is 0.500. The Hall–Kier alpha value is -1.91. The van der Waals surface area contributed by atoms with Crippen molar-refractivity contribution in [3.8, 4) is 0 Å². The highest BCUT2D eigenvalue weighted by atomic mass is 31.1. The third kappa shape index (κ3) is 7.80. The molecule has 0 spiro atoms. The predicted octanol–water partition coefficient (Wildman–Crippen LogP) is 9.16. The average molecular weight is 515 g/mol. The van der Waals surface area contributed by atoms with Crippen molar-refractivity contribution in [1.29, 1.82) is 0 Å². The molecule has 0 aliphatic heterocycles. The minimum absolute atomic E-state index is 0.624. The topological polar surface area (TPSA) is 0 Å². The molecule has 0 nitrogen and oxygen atoms in total. The standard InChI is InChI=1S/C36H51P/c1-7-13-28-19-22-31(16-10-4)34(25-28)37(35-26-29(14-8-2)20-23-32(35)17-11-5)36-27-30(15-9-3)21-24-33(36)18-12-6/h19-27H,7-18H2,1-6H3. The molecule has 0 amide bonds. The Bertz CT molecular complexity index is 968. The van der Waals surface area contributed by atoms with Gasteiger partial charge in [-0.05, 0) is 95.7 Å². The van der Waals surface area contributed by atoms with Crippen molar-refractivity contribution in [2.75, 3.05) is 0 Å². The third-order valence-corrected chi connectivity index (χ3v) is 10.0. The Balaban J connectivity index is 2.40. The molecule has 0 aliphatic carbocycles. The summed E-state index contributed by atoms with van der Waals surface area (Å²) in [6.07, 6.45) is 14.2. The summed E-state index contributed by atoms with van der Waals surface area (Å²) in [5.41, 5.74) is 9.23. The van der Waals surface area contributed by atoms with Crippen LogP contribution in [0, 0.1) is 0 Å². The van der Waals surface area contributed by atoms with Crippen molar-refractivity contribution in [3.05, 3.63) is 88.0 Å². The fourth-order valence-electron chi connectivity index (χ4n) is 5.62. The molecule has 0 unspecified atom stereocenters. The summed E-state index contributed by atoms with van der Waals surface area (Å²) in [5, 5.41) is 4.87. The van der Waals surface area contributed by atoms with E-state index in [1.54, 1.807) is 32.6 Å². The first-order valence-corrected chi connectivity index (χ1v) is 16.6. The number of aryl methyl sites for hydroxylation is 6. The first-order valence-electron chi connectivity index (χ1n) is 15.2. The van der Waals surface area contributed by atoms with E-state index in [1.807, 2.05) is 0 Å². The summed E-state index contributed by atoms with van der Waals surface area (Å²) in [7, 11) is -0.624. The second-order valence-electron chi connectivity index (χ2n) is 10.7. The first kappa shape index (κ1) is 29.6. The van der Waals surface area contributed by atoms with Crippen LogP contribution in [0.4, 0.5) is 0 Å². The van der Waals surface area contributed by atoms with E-state index in [0.29, 0.717) is 0 Å². The molecule has 200 valence electrons. The Morgan fingerprint density at radius 3 is 0.892 bits per heavy atom. The van der Waals surface area contributed by atoms with Crippen molar-refractivity contribution in [2.45, 2.75) is 119 Å². The summed E-state index contributed by atoms with van der Waals surface area (Å²) >= 11 is 0. The maximum absolute atomic E-state index is 2.62. The van der Waals surface area contributed by atoms with Crippen molar-refractivity contribution >= 4 is 23.8 Å². The van der Waals surface area contributed by atoms with Crippen LogP contribution in [0.15, 0.2) is 54.6 Å². The number of rotatable bonds is 15. The normalized spacial score (nSPS) is 11.4. The highest BCUT2D eigenvalue weighted by Gasteiger charge is 2.25. The zero-order valence-corrected chi connectivity index (χ0v) is 25.5. The lowest BCUT2D eigenvalue weighted by Crippen LogP contribution is -2.29. The summed E-state index contributed by atoms with van der Waals surface area (Å²) in [5.74, 6) is 0. The molecule has 0 heterocycles. The van der Waals surface area contributed by atoms with Gasteiger partial charge in [0.05, 0.1) is 0 Å². The van der Waals surface area contributed by atoms with Crippen LogP contribution in [0.5, 0.6) is 0 Å². The smallest absolute Gasteiger partial charge is 0.0116 e. The zero-order valence-electron chi connectivity index (χ0n) is 24.6. The summed E-state index contributed by atoms with van der Waals surface area (Å²) in [6, 6.07) is 22.5. The van der Waals surface area contributed by atoms with E-state index < -0.39 is 7.92 Å². The highest BCUT2D eigenvalue weighted by molar-refractivity contribution is 7.80. The van der Waals surface area contributed by atoms with Crippen LogP contribution in [0.1, 0.15) is 113 Å². The average Bonchev–Trinajstić information content (AvgIpc) is 2.89. The monoisotopic (exact) mass is 514 g/mol. The second kappa shape index (κ2) is 15.5. The van der Waals surface area contributed by atoms with E-state index in [0.717, 1.165) is 38.5 Å². The van der Waals surface area contributed by atoms with Crippen molar-refractivity contribution in [2.24, 2.45) is 0 Å². The van der Waals surface area contributed by atoms with Gasteiger partial charge in [-0.15, -0.1) is 0 Å². The summed E-state index contributed by atoms with van der Waals surface area (Å²) in [6.45, 7) is 13.9. The van der Waals surface area contributed by atoms with Gasteiger partial charge >= 0.3 is 0 Å². The Morgan fingerprint density at radius 1 is 0.378 bits per heavy atom. The van der Waals surface area contributed by atoms with Gasteiger partial charge in [0.1, 0.15) is 0 Å². The van der Waals surface area contributed by atoms with Crippen LogP contribution in [0.25, 0.3) is 0 Å². The van der Waals surface area contributed by atoms with Gasteiger partial charge in [0.25, 0.3) is 0 Å². The molecule has 3 aromatic rings. The molecule has 0 aromatic heterocycles. The Kier molecular flexibility index (Phi) is 12.4. The molecule has 0 aliphatic rings. The van der Waals surface area contributed by atoms with Crippen molar-refractivity contribution in [3.63, 3.8) is 0 Å². The molecule has 0 saturated heterocycles. The van der Waals surface area contributed by atoms with Crippen LogP contribution in [0.3, 0.4) is 0 Å². The van der Waals surface area contributed by atoms with Crippen molar-refractivity contribution < 1.29 is 0 Å². The summed E-state index contributed by atoms with van der Waals surface area (Å²) in [4.78, 5) is 0. The third-order valence-electron chi connectivity index (χ3n) is 7.35. The maximum Gasteiger partial charge on any atom is -0.0116 e. The molecule has 0 fully saturated rings. The van der Waals surface area contributed by atoms with Gasteiger partial charge in [-0.3, -0.25) is 0 Å². The van der Waals surface area contributed by atoms with E-state index in [4.69, 9.17) is 0 Å². The van der Waals surface area contributed by atoms with Gasteiger partial charge in [0, 0.05) is 0 Å². The minimum Gasteiger partial charge on any atom is -0.0651 e. The van der Waals surface area contributed by atoms with Crippen molar-refractivity contribution in [1.82, 2.24) is 0 Å². The van der Waals surface area contributed by atoms with Crippen LogP contribution in [0.2, 0.25) is 0 Å². The lowest BCUT2D eigenvalue weighted by Gasteiger charge is -2.28. The molecule has 0 radical (unpaired) electrons. The summed E-state index contributed by atoms with van der Waals surface area (Å²) < 4.78 is 0. The van der Waals surface area contributed by atoms with Gasteiger partial charge in [-0.1, -0.05) is 135 Å². The molecule has 0 bridgehead atoms. The molecular weight excluding hydrogens is 463 g/mol. The quantitative estimate of drug-likeness (QED) is 0.177. The predicted molar refractivity (Wildman–Crippen MR) is 169 cm³/mol. The molecular formula is C36H51P. The minimum atomic E-state index is -0.624. The van der Waals surface area contributed by atoms with E-state index in [2.05, 4.69) is 96.1 Å². The molecule has 0 saturated carbocycles. The molecule has 0 atom stereocenters. The molecule has 37 heavy (non-hydrogen) atoms. The maximum atomic E-state index is 2.62. The van der Waals surface area contributed by atoms with E-state index in [9.17, 15) is 0 Å². The molecule has 3 aromatic carbocycles. The fourth-order valence-corrected chi connectivity index (χ4v) is 8.70. The van der Waals surface area contributed by atoms with Gasteiger partial charge in [-0.25, -0.2) is 0 Å². The number of hydrogen-bond acceptors (Lipinski definition) is 0. The SMILES string of the molecule is CCCc1ccc(CCC)c(P(c2cc(CCC)ccc2CCC)c2cc(CCC)ccc2CCC)c1. The van der Waals surface area contributed by atoms with Gasteiger partial charge in [-0.2, -0.15) is 0 Å².